The lowest BCUT2D eigenvalue weighted by atomic mass is 9.93. The maximum atomic E-state index is 11.5. The van der Waals surface area contributed by atoms with Crippen LogP contribution in [0.5, 0.6) is 11.5 Å². The highest BCUT2D eigenvalue weighted by molar-refractivity contribution is 6.05. The molecule has 0 unspecified atom stereocenters. The van der Waals surface area contributed by atoms with E-state index >= 15 is 0 Å². The van der Waals surface area contributed by atoms with Crippen molar-refractivity contribution in [2.75, 3.05) is 0 Å². The average Bonchev–Trinajstić information content (AvgIpc) is 3.11. The first kappa shape index (κ1) is 28.5. The highest BCUT2D eigenvalue weighted by atomic mass is 16.3. The van der Waals surface area contributed by atoms with Crippen molar-refractivity contribution in [3.8, 4) is 33.8 Å². The van der Waals surface area contributed by atoms with Crippen LogP contribution in [0.25, 0.3) is 65.3 Å². The zero-order valence-electron chi connectivity index (χ0n) is 24.7. The Hall–Kier alpha value is -6.26. The lowest BCUT2D eigenvalue weighted by molar-refractivity contribution is 0.111. The van der Waals surface area contributed by atoms with Crippen LogP contribution in [0.2, 0.25) is 0 Å². The predicted molar refractivity (Wildman–Crippen MR) is 188 cm³/mol. The summed E-state index contributed by atoms with van der Waals surface area (Å²) in [5, 5.41) is 29.1. The Balaban J connectivity index is 0.000000147. The van der Waals surface area contributed by atoms with Gasteiger partial charge in [0.25, 0.3) is 0 Å². The molecule has 0 fully saturated rings. The molecule has 8 aromatic rings. The zero-order chi connectivity index (χ0) is 31.6. The van der Waals surface area contributed by atoms with E-state index in [9.17, 15) is 19.8 Å². The van der Waals surface area contributed by atoms with E-state index in [0.717, 1.165) is 66.8 Å². The van der Waals surface area contributed by atoms with Gasteiger partial charge in [-0.1, -0.05) is 121 Å². The largest absolute Gasteiger partial charge is 0.507 e. The molecule has 2 N–H and O–H groups in total. The molecule has 0 aliphatic heterocycles. The summed E-state index contributed by atoms with van der Waals surface area (Å²) in [6.45, 7) is 0. The lowest BCUT2D eigenvalue weighted by Crippen LogP contribution is -1.90. The molecule has 0 bridgehead atoms. The first-order chi connectivity index (χ1) is 22.6. The van der Waals surface area contributed by atoms with Gasteiger partial charge in [0, 0.05) is 33.0 Å². The fourth-order valence-electron chi connectivity index (χ4n) is 6.18. The van der Waals surface area contributed by atoms with E-state index in [-0.39, 0.29) is 11.5 Å². The standard InChI is InChI=1S/2C21H14O2/c2*22-13-18-12-16-7-3-4-8-19(16)21(23)20(18)17-10-9-14-5-1-2-6-15(14)11-17/h2*1-13,23H. The average molecular weight is 597 g/mol. The Labute approximate surface area is 265 Å². The molecule has 4 heteroatoms. The number of fused-ring (bicyclic) bond motifs is 4. The summed E-state index contributed by atoms with van der Waals surface area (Å²) in [4.78, 5) is 23.1. The summed E-state index contributed by atoms with van der Waals surface area (Å²) in [7, 11) is 0. The van der Waals surface area contributed by atoms with Crippen molar-refractivity contribution in [2.45, 2.75) is 0 Å². The third-order valence-corrected chi connectivity index (χ3v) is 8.44. The van der Waals surface area contributed by atoms with Crippen LogP contribution in [-0.2, 0) is 0 Å². The second-order valence-electron chi connectivity index (χ2n) is 11.2. The Bertz CT molecular complexity index is 2270. The Kier molecular flexibility index (Phi) is 7.45. The quantitative estimate of drug-likeness (QED) is 0.198. The molecular weight excluding hydrogens is 568 g/mol. The number of aldehydes is 2. The van der Waals surface area contributed by atoms with Crippen LogP contribution in [0.3, 0.4) is 0 Å². The van der Waals surface area contributed by atoms with Crippen molar-refractivity contribution in [1.82, 2.24) is 0 Å². The van der Waals surface area contributed by atoms with E-state index in [2.05, 4.69) is 0 Å². The van der Waals surface area contributed by atoms with Gasteiger partial charge in [0.05, 0.1) is 0 Å². The van der Waals surface area contributed by atoms with E-state index in [1.165, 1.54) is 0 Å². The summed E-state index contributed by atoms with van der Waals surface area (Å²) in [6, 6.07) is 46.7. The molecule has 0 radical (unpaired) electrons. The van der Waals surface area contributed by atoms with E-state index < -0.39 is 0 Å². The second kappa shape index (κ2) is 12.0. The number of carbonyl (C=O) groups excluding carboxylic acids is 2. The Morgan fingerprint density at radius 3 is 1.11 bits per heavy atom. The molecular formula is C42H28O4. The maximum Gasteiger partial charge on any atom is 0.150 e. The zero-order valence-corrected chi connectivity index (χ0v) is 24.7. The molecule has 0 aromatic heterocycles. The Morgan fingerprint density at radius 1 is 0.370 bits per heavy atom. The highest BCUT2D eigenvalue weighted by Crippen LogP contribution is 2.40. The van der Waals surface area contributed by atoms with E-state index in [0.29, 0.717) is 22.3 Å². The summed E-state index contributed by atoms with van der Waals surface area (Å²) in [6.07, 6.45) is 1.60. The number of hydrogen-bond acceptors (Lipinski definition) is 4. The number of carbonyl (C=O) groups is 2. The minimum Gasteiger partial charge on any atom is -0.507 e. The summed E-state index contributed by atoms with van der Waals surface area (Å²) >= 11 is 0. The summed E-state index contributed by atoms with van der Waals surface area (Å²) in [5.74, 6) is 0.306. The van der Waals surface area contributed by atoms with Gasteiger partial charge < -0.3 is 10.2 Å². The smallest absolute Gasteiger partial charge is 0.150 e. The number of aromatic hydroxyl groups is 2. The van der Waals surface area contributed by atoms with Gasteiger partial charge in [-0.2, -0.15) is 0 Å². The topological polar surface area (TPSA) is 74.6 Å². The third-order valence-electron chi connectivity index (χ3n) is 8.44. The van der Waals surface area contributed by atoms with Crippen molar-refractivity contribution in [3.05, 3.63) is 157 Å². The van der Waals surface area contributed by atoms with Gasteiger partial charge in [0.15, 0.2) is 12.6 Å². The molecule has 220 valence electrons. The minimum absolute atomic E-state index is 0.153. The minimum atomic E-state index is 0.153. The van der Waals surface area contributed by atoms with Gasteiger partial charge in [-0.3, -0.25) is 9.59 Å². The van der Waals surface area contributed by atoms with Crippen molar-refractivity contribution in [1.29, 1.82) is 0 Å². The molecule has 0 saturated carbocycles. The van der Waals surface area contributed by atoms with Gasteiger partial charge in [0.2, 0.25) is 0 Å². The predicted octanol–water partition coefficient (Wildman–Crippen LogP) is 10.4. The van der Waals surface area contributed by atoms with Crippen LogP contribution in [0.4, 0.5) is 0 Å². The molecule has 0 aliphatic rings. The normalized spacial score (nSPS) is 11.0. The van der Waals surface area contributed by atoms with Crippen LogP contribution >= 0.6 is 0 Å². The van der Waals surface area contributed by atoms with Gasteiger partial charge >= 0.3 is 0 Å². The van der Waals surface area contributed by atoms with Crippen LogP contribution in [0.1, 0.15) is 20.7 Å². The lowest BCUT2D eigenvalue weighted by Gasteiger charge is -2.12. The SMILES string of the molecule is O=Cc1cc2ccccc2c(O)c1-c1ccc2ccccc2c1.O=Cc1cc2ccccc2c(O)c1-c1ccc2ccccc2c1. The molecule has 0 saturated heterocycles. The van der Waals surface area contributed by atoms with E-state index in [1.54, 1.807) is 0 Å². The van der Waals surface area contributed by atoms with Crippen LogP contribution in [0.15, 0.2) is 146 Å². The molecule has 4 nitrogen and oxygen atoms in total. The monoisotopic (exact) mass is 596 g/mol. The molecule has 0 spiro atoms. The van der Waals surface area contributed by atoms with Gasteiger partial charge in [0.1, 0.15) is 11.5 Å². The first-order valence-electron chi connectivity index (χ1n) is 14.9. The third kappa shape index (κ3) is 5.12. The van der Waals surface area contributed by atoms with Crippen molar-refractivity contribution < 1.29 is 19.8 Å². The fourth-order valence-corrected chi connectivity index (χ4v) is 6.18. The number of phenols is 2. The molecule has 8 rings (SSSR count). The van der Waals surface area contributed by atoms with E-state index in [1.807, 2.05) is 146 Å². The molecule has 0 heterocycles. The number of hydrogen-bond donors (Lipinski definition) is 2. The van der Waals surface area contributed by atoms with Crippen LogP contribution in [-0.4, -0.2) is 22.8 Å². The molecule has 46 heavy (non-hydrogen) atoms. The van der Waals surface area contributed by atoms with Gasteiger partial charge in [-0.15, -0.1) is 0 Å². The number of rotatable bonds is 4. The fraction of sp³-hybridized carbons (Fsp3) is 0. The number of benzene rings is 8. The van der Waals surface area contributed by atoms with Gasteiger partial charge in [-0.05, 0) is 67.7 Å². The summed E-state index contributed by atoms with van der Waals surface area (Å²) in [5.41, 5.74) is 3.85. The molecule has 8 aromatic carbocycles. The van der Waals surface area contributed by atoms with Crippen LogP contribution < -0.4 is 0 Å². The summed E-state index contributed by atoms with van der Waals surface area (Å²) < 4.78 is 0. The maximum absolute atomic E-state index is 11.5. The van der Waals surface area contributed by atoms with E-state index in [4.69, 9.17) is 0 Å². The molecule has 0 aliphatic carbocycles. The Morgan fingerprint density at radius 2 is 0.717 bits per heavy atom. The highest BCUT2D eigenvalue weighted by Gasteiger charge is 2.16. The molecule has 0 amide bonds. The second-order valence-corrected chi connectivity index (χ2v) is 11.2. The number of phenolic OH excluding ortho intramolecular Hbond substituents is 2. The van der Waals surface area contributed by atoms with Crippen molar-refractivity contribution in [3.63, 3.8) is 0 Å². The van der Waals surface area contributed by atoms with Crippen molar-refractivity contribution in [2.24, 2.45) is 0 Å². The van der Waals surface area contributed by atoms with Gasteiger partial charge in [-0.25, -0.2) is 0 Å². The molecule has 0 atom stereocenters. The van der Waals surface area contributed by atoms with Crippen LogP contribution in [0, 0.1) is 0 Å². The van der Waals surface area contributed by atoms with Crippen molar-refractivity contribution >= 4 is 55.7 Å². The first-order valence-corrected chi connectivity index (χ1v) is 14.9.